The van der Waals surface area contributed by atoms with E-state index in [4.69, 9.17) is 0 Å². The molecule has 0 amide bonds. The van der Waals surface area contributed by atoms with Crippen LogP contribution in [-0.2, 0) is 13.0 Å². The van der Waals surface area contributed by atoms with Crippen molar-refractivity contribution in [1.82, 2.24) is 24.7 Å². The lowest BCUT2D eigenvalue weighted by Crippen LogP contribution is -2.36. The molecule has 0 radical (unpaired) electrons. The molecule has 1 saturated heterocycles. The fourth-order valence-electron chi connectivity index (χ4n) is 3.33. The summed E-state index contributed by atoms with van der Waals surface area (Å²) in [6.45, 7) is 3.10. The Labute approximate surface area is 117 Å². The number of anilines is 1. The van der Waals surface area contributed by atoms with E-state index >= 15 is 0 Å². The lowest BCUT2D eigenvalue weighted by atomic mass is 9.97. The summed E-state index contributed by atoms with van der Waals surface area (Å²) in [6, 6.07) is 0. The van der Waals surface area contributed by atoms with Gasteiger partial charge in [0.15, 0.2) is 0 Å². The largest absolute Gasteiger partial charge is 0.355 e. The molecule has 1 fully saturated rings. The highest BCUT2D eigenvalue weighted by atomic mass is 15.3. The van der Waals surface area contributed by atoms with Gasteiger partial charge in [-0.1, -0.05) is 0 Å². The third kappa shape index (κ3) is 1.95. The van der Waals surface area contributed by atoms with Crippen LogP contribution >= 0.6 is 0 Å². The van der Waals surface area contributed by atoms with Gasteiger partial charge in [-0.25, -0.2) is 4.98 Å². The smallest absolute Gasteiger partial charge is 0.147 e. The van der Waals surface area contributed by atoms with Gasteiger partial charge in [-0.15, -0.1) is 10.2 Å². The molecule has 2 aliphatic rings. The Bertz CT molecular complexity index is 593. The first-order valence-corrected chi connectivity index (χ1v) is 7.35. The van der Waals surface area contributed by atoms with E-state index in [0.29, 0.717) is 5.92 Å². The molecule has 1 unspecified atom stereocenters. The first-order chi connectivity index (χ1) is 9.92. The molecule has 0 bridgehead atoms. The van der Waals surface area contributed by atoms with Crippen LogP contribution in [0.15, 0.2) is 18.6 Å². The highest BCUT2D eigenvalue weighted by Gasteiger charge is 2.28. The van der Waals surface area contributed by atoms with Crippen LogP contribution in [0.25, 0.3) is 0 Å². The zero-order chi connectivity index (χ0) is 13.4. The van der Waals surface area contributed by atoms with Crippen molar-refractivity contribution in [2.24, 2.45) is 0 Å². The number of piperidine rings is 1. The Kier molecular flexibility index (Phi) is 2.86. The number of rotatable bonds is 2. The quantitative estimate of drug-likeness (QED) is 0.825. The lowest BCUT2D eigenvalue weighted by molar-refractivity contribution is 0.470. The number of hydrogen-bond acceptors (Lipinski definition) is 5. The van der Waals surface area contributed by atoms with Gasteiger partial charge in [0.2, 0.25) is 0 Å². The Morgan fingerprint density at radius 2 is 2.10 bits per heavy atom. The van der Waals surface area contributed by atoms with E-state index in [9.17, 15) is 0 Å². The highest BCUT2D eigenvalue weighted by Crippen LogP contribution is 2.29. The normalized spacial score (nSPS) is 22.0. The molecule has 2 aliphatic heterocycles. The lowest BCUT2D eigenvalue weighted by Gasteiger charge is -2.32. The molecule has 0 saturated carbocycles. The fourth-order valence-corrected chi connectivity index (χ4v) is 3.33. The first-order valence-electron chi connectivity index (χ1n) is 7.35. The van der Waals surface area contributed by atoms with Crippen LogP contribution in [0.4, 0.5) is 5.82 Å². The number of fused-ring (bicyclic) bond motifs is 1. The average molecular weight is 270 g/mol. The zero-order valence-electron chi connectivity index (χ0n) is 11.4. The SMILES string of the molecule is c1cnc(N2CCCC(c3nnc4n3CCC4)C2)cn1. The minimum absolute atomic E-state index is 0.463. The Balaban J connectivity index is 1.57. The molecular weight excluding hydrogens is 252 g/mol. The van der Waals surface area contributed by atoms with Gasteiger partial charge >= 0.3 is 0 Å². The van der Waals surface area contributed by atoms with Gasteiger partial charge in [-0.05, 0) is 19.3 Å². The molecular formula is C14H18N6. The summed E-state index contributed by atoms with van der Waals surface area (Å²) in [5.41, 5.74) is 0. The van der Waals surface area contributed by atoms with E-state index in [1.54, 1.807) is 12.4 Å². The standard InChI is InChI=1S/C14H18N6/c1-3-11(14-18-17-12-4-2-8-20(12)14)10-19(7-1)13-9-15-5-6-16-13/h5-6,9,11H,1-4,7-8,10H2. The van der Waals surface area contributed by atoms with Gasteiger partial charge in [-0.2, -0.15) is 0 Å². The predicted molar refractivity (Wildman–Crippen MR) is 74.6 cm³/mol. The molecule has 2 aromatic rings. The van der Waals surface area contributed by atoms with E-state index < -0.39 is 0 Å². The number of nitrogens with zero attached hydrogens (tertiary/aromatic N) is 6. The van der Waals surface area contributed by atoms with Crippen LogP contribution < -0.4 is 4.90 Å². The Morgan fingerprint density at radius 3 is 3.00 bits per heavy atom. The van der Waals surface area contributed by atoms with Crippen LogP contribution in [0, 0.1) is 0 Å². The van der Waals surface area contributed by atoms with Crippen LogP contribution in [-0.4, -0.2) is 37.8 Å². The molecule has 0 aromatic carbocycles. The minimum Gasteiger partial charge on any atom is -0.355 e. The maximum Gasteiger partial charge on any atom is 0.147 e. The van der Waals surface area contributed by atoms with Crippen LogP contribution in [0.3, 0.4) is 0 Å². The molecule has 6 heteroatoms. The maximum absolute atomic E-state index is 4.44. The topological polar surface area (TPSA) is 59.7 Å². The third-order valence-corrected chi connectivity index (χ3v) is 4.30. The Morgan fingerprint density at radius 1 is 1.10 bits per heavy atom. The van der Waals surface area contributed by atoms with Crippen molar-refractivity contribution >= 4 is 5.82 Å². The molecule has 0 N–H and O–H groups in total. The van der Waals surface area contributed by atoms with E-state index in [2.05, 4.69) is 29.6 Å². The molecule has 0 aliphatic carbocycles. The predicted octanol–water partition coefficient (Wildman–Crippen LogP) is 1.40. The summed E-state index contributed by atoms with van der Waals surface area (Å²) < 4.78 is 2.32. The van der Waals surface area contributed by atoms with Crippen molar-refractivity contribution in [1.29, 1.82) is 0 Å². The summed E-state index contributed by atoms with van der Waals surface area (Å²) >= 11 is 0. The van der Waals surface area contributed by atoms with Crippen LogP contribution in [0.2, 0.25) is 0 Å². The van der Waals surface area contributed by atoms with Gasteiger partial charge in [0, 0.05) is 44.4 Å². The summed E-state index contributed by atoms with van der Waals surface area (Å²) in [5, 5.41) is 8.78. The summed E-state index contributed by atoms with van der Waals surface area (Å²) in [6.07, 6.45) is 9.96. The van der Waals surface area contributed by atoms with Gasteiger partial charge in [0.25, 0.3) is 0 Å². The molecule has 4 heterocycles. The van der Waals surface area contributed by atoms with Crippen molar-refractivity contribution in [2.75, 3.05) is 18.0 Å². The van der Waals surface area contributed by atoms with Crippen LogP contribution in [0.1, 0.15) is 36.8 Å². The molecule has 0 spiro atoms. The number of hydrogen-bond donors (Lipinski definition) is 0. The van der Waals surface area contributed by atoms with E-state index in [-0.39, 0.29) is 0 Å². The third-order valence-electron chi connectivity index (χ3n) is 4.30. The van der Waals surface area contributed by atoms with Crippen molar-refractivity contribution in [2.45, 2.75) is 38.1 Å². The molecule has 1 atom stereocenters. The van der Waals surface area contributed by atoms with Crippen molar-refractivity contribution < 1.29 is 0 Å². The van der Waals surface area contributed by atoms with E-state index in [1.165, 1.54) is 25.1 Å². The monoisotopic (exact) mass is 270 g/mol. The number of aromatic nitrogens is 5. The van der Waals surface area contributed by atoms with Crippen molar-refractivity contribution in [3.8, 4) is 0 Å². The average Bonchev–Trinajstić information content (AvgIpc) is 3.11. The van der Waals surface area contributed by atoms with E-state index in [1.807, 2.05) is 6.20 Å². The number of aryl methyl sites for hydroxylation is 1. The minimum atomic E-state index is 0.463. The molecule has 6 nitrogen and oxygen atoms in total. The summed E-state index contributed by atoms with van der Waals surface area (Å²) in [7, 11) is 0. The van der Waals surface area contributed by atoms with Gasteiger partial charge in [0.1, 0.15) is 17.5 Å². The second-order valence-corrected chi connectivity index (χ2v) is 5.58. The summed E-state index contributed by atoms with van der Waals surface area (Å²) in [4.78, 5) is 10.9. The molecule has 2 aromatic heterocycles. The fraction of sp³-hybridized carbons (Fsp3) is 0.571. The highest BCUT2D eigenvalue weighted by molar-refractivity contribution is 5.36. The van der Waals surface area contributed by atoms with Gasteiger partial charge < -0.3 is 9.47 Å². The first kappa shape index (κ1) is 11.8. The van der Waals surface area contributed by atoms with Gasteiger partial charge in [-0.3, -0.25) is 4.98 Å². The summed E-state index contributed by atoms with van der Waals surface area (Å²) in [5.74, 6) is 3.77. The van der Waals surface area contributed by atoms with Crippen molar-refractivity contribution in [3.05, 3.63) is 30.2 Å². The zero-order valence-corrected chi connectivity index (χ0v) is 11.4. The molecule has 4 rings (SSSR count). The van der Waals surface area contributed by atoms with Crippen LogP contribution in [0.5, 0.6) is 0 Å². The second kappa shape index (κ2) is 4.85. The van der Waals surface area contributed by atoms with E-state index in [0.717, 1.165) is 37.7 Å². The maximum atomic E-state index is 4.44. The second-order valence-electron chi connectivity index (χ2n) is 5.58. The Hall–Kier alpha value is -1.98. The van der Waals surface area contributed by atoms with Gasteiger partial charge in [0.05, 0.1) is 6.20 Å². The molecule has 20 heavy (non-hydrogen) atoms. The van der Waals surface area contributed by atoms with Crippen molar-refractivity contribution in [3.63, 3.8) is 0 Å². The molecule has 104 valence electrons.